The van der Waals surface area contributed by atoms with Crippen molar-refractivity contribution in [3.8, 4) is 0 Å². The van der Waals surface area contributed by atoms with Gasteiger partial charge in [-0.3, -0.25) is 10.8 Å². The van der Waals surface area contributed by atoms with E-state index in [0.29, 0.717) is 21.6 Å². The first-order valence-corrected chi connectivity index (χ1v) is 5.15. The third-order valence-corrected chi connectivity index (χ3v) is 2.93. The fraction of sp³-hybridized carbons (Fsp3) is 0.182. The number of nitrogens with two attached hydrogens (primary N) is 1. The molecule has 84 valence electrons. The van der Waals surface area contributed by atoms with Crippen molar-refractivity contribution in [2.75, 3.05) is 5.43 Å². The van der Waals surface area contributed by atoms with Crippen LogP contribution in [-0.2, 0) is 0 Å². The normalized spacial score (nSPS) is 10.8. The van der Waals surface area contributed by atoms with Crippen LogP contribution in [0.4, 0.5) is 10.1 Å². The maximum Gasteiger partial charge on any atom is 0.126 e. The summed E-state index contributed by atoms with van der Waals surface area (Å²) < 4.78 is 13.2. The van der Waals surface area contributed by atoms with Crippen LogP contribution in [0, 0.1) is 19.7 Å². The molecule has 0 aliphatic rings. The zero-order chi connectivity index (χ0) is 11.9. The lowest BCUT2D eigenvalue weighted by molar-refractivity contribution is 0.629. The number of fused-ring (bicyclic) bond motifs is 1. The average molecular weight is 240 g/mol. The molecule has 0 unspecified atom stereocenters. The van der Waals surface area contributed by atoms with Crippen LogP contribution in [0.5, 0.6) is 0 Å². The number of hydrogen-bond acceptors (Lipinski definition) is 3. The number of benzene rings is 1. The van der Waals surface area contributed by atoms with Gasteiger partial charge in [-0.05, 0) is 25.5 Å². The number of nitrogens with one attached hydrogen (secondary N) is 1. The molecule has 0 atom stereocenters. The number of rotatable bonds is 1. The molecular weight excluding hydrogens is 229 g/mol. The molecule has 2 rings (SSSR count). The van der Waals surface area contributed by atoms with Crippen molar-refractivity contribution in [3.05, 3.63) is 34.2 Å². The molecular formula is C11H11ClFN3. The Kier molecular flexibility index (Phi) is 2.69. The van der Waals surface area contributed by atoms with E-state index >= 15 is 0 Å². The van der Waals surface area contributed by atoms with Crippen molar-refractivity contribution in [1.82, 2.24) is 4.98 Å². The van der Waals surface area contributed by atoms with Crippen molar-refractivity contribution in [2.45, 2.75) is 13.8 Å². The van der Waals surface area contributed by atoms with Gasteiger partial charge in [0.25, 0.3) is 0 Å². The minimum Gasteiger partial charge on any atom is -0.323 e. The Morgan fingerprint density at radius 3 is 2.69 bits per heavy atom. The summed E-state index contributed by atoms with van der Waals surface area (Å²) in [6.07, 6.45) is 0. The Morgan fingerprint density at radius 2 is 2.06 bits per heavy atom. The summed E-state index contributed by atoms with van der Waals surface area (Å²) in [4.78, 5) is 4.29. The van der Waals surface area contributed by atoms with Gasteiger partial charge in [-0.15, -0.1) is 0 Å². The van der Waals surface area contributed by atoms with E-state index in [2.05, 4.69) is 10.4 Å². The first-order chi connectivity index (χ1) is 7.54. The van der Waals surface area contributed by atoms with Crippen LogP contribution in [-0.4, -0.2) is 4.98 Å². The lowest BCUT2D eigenvalue weighted by Gasteiger charge is -2.12. The summed E-state index contributed by atoms with van der Waals surface area (Å²) in [7, 11) is 0. The molecule has 0 saturated carbocycles. The van der Waals surface area contributed by atoms with Crippen LogP contribution >= 0.6 is 11.6 Å². The molecule has 16 heavy (non-hydrogen) atoms. The molecule has 3 nitrogen and oxygen atoms in total. The van der Waals surface area contributed by atoms with Gasteiger partial charge in [0.2, 0.25) is 0 Å². The molecule has 5 heteroatoms. The van der Waals surface area contributed by atoms with Gasteiger partial charge in [-0.1, -0.05) is 11.6 Å². The van der Waals surface area contributed by atoms with E-state index in [0.717, 1.165) is 11.3 Å². The van der Waals surface area contributed by atoms with Crippen LogP contribution in [0.1, 0.15) is 11.3 Å². The zero-order valence-electron chi connectivity index (χ0n) is 8.94. The first kappa shape index (κ1) is 11.1. The molecule has 1 heterocycles. The molecule has 0 fully saturated rings. The van der Waals surface area contributed by atoms with Crippen molar-refractivity contribution >= 4 is 28.2 Å². The number of pyridine rings is 1. The number of anilines is 1. The van der Waals surface area contributed by atoms with Gasteiger partial charge in [-0.2, -0.15) is 0 Å². The smallest absolute Gasteiger partial charge is 0.126 e. The van der Waals surface area contributed by atoms with Crippen LogP contribution in [0.2, 0.25) is 5.02 Å². The molecule has 2 aromatic rings. The summed E-state index contributed by atoms with van der Waals surface area (Å²) >= 11 is 5.99. The van der Waals surface area contributed by atoms with E-state index in [4.69, 9.17) is 17.4 Å². The summed E-state index contributed by atoms with van der Waals surface area (Å²) in [5.41, 5.74) is 5.48. The fourth-order valence-electron chi connectivity index (χ4n) is 1.71. The Morgan fingerprint density at radius 1 is 1.38 bits per heavy atom. The molecule has 1 aromatic heterocycles. The second-order valence-corrected chi connectivity index (χ2v) is 4.03. The molecule has 0 radical (unpaired) electrons. The maximum atomic E-state index is 13.2. The minimum absolute atomic E-state index is 0.304. The number of halogens is 2. The SMILES string of the molecule is Cc1nc2cc(F)cc(Cl)c2c(NN)c1C. The maximum absolute atomic E-state index is 13.2. The van der Waals surface area contributed by atoms with E-state index in [-0.39, 0.29) is 0 Å². The number of nitrogen functional groups attached to an aromatic ring is 1. The Bertz CT molecular complexity index is 569. The summed E-state index contributed by atoms with van der Waals surface area (Å²) in [6, 6.07) is 2.59. The molecule has 0 spiro atoms. The Balaban J connectivity index is 2.96. The van der Waals surface area contributed by atoms with Crippen LogP contribution in [0.25, 0.3) is 10.9 Å². The zero-order valence-corrected chi connectivity index (χ0v) is 9.69. The van der Waals surface area contributed by atoms with Gasteiger partial charge < -0.3 is 5.43 Å². The van der Waals surface area contributed by atoms with Crippen molar-refractivity contribution in [2.24, 2.45) is 5.84 Å². The fourth-order valence-corrected chi connectivity index (χ4v) is 2.00. The van der Waals surface area contributed by atoms with E-state index in [1.807, 2.05) is 13.8 Å². The molecule has 1 aromatic carbocycles. The molecule has 3 N–H and O–H groups in total. The topological polar surface area (TPSA) is 50.9 Å². The Labute approximate surface area is 97.4 Å². The average Bonchev–Trinajstić information content (AvgIpc) is 2.20. The van der Waals surface area contributed by atoms with Gasteiger partial charge >= 0.3 is 0 Å². The number of hydrazine groups is 1. The van der Waals surface area contributed by atoms with E-state index in [9.17, 15) is 4.39 Å². The number of nitrogens with zero attached hydrogens (tertiary/aromatic N) is 1. The standard InChI is InChI=1S/C11H11ClFN3/c1-5-6(2)15-9-4-7(13)3-8(12)10(9)11(5)16-14/h3-4H,14H2,1-2H3,(H,15,16). The predicted octanol–water partition coefficient (Wildman–Crippen LogP) is 2.93. The number of aryl methyl sites for hydroxylation is 1. The largest absolute Gasteiger partial charge is 0.323 e. The molecule has 0 amide bonds. The molecule has 0 aliphatic heterocycles. The molecule has 0 bridgehead atoms. The van der Waals surface area contributed by atoms with Crippen molar-refractivity contribution < 1.29 is 4.39 Å². The van der Waals surface area contributed by atoms with Crippen LogP contribution < -0.4 is 11.3 Å². The van der Waals surface area contributed by atoms with E-state index in [1.165, 1.54) is 12.1 Å². The minimum atomic E-state index is -0.406. The molecule has 0 aliphatic carbocycles. The number of aromatic nitrogens is 1. The van der Waals surface area contributed by atoms with E-state index in [1.54, 1.807) is 0 Å². The second-order valence-electron chi connectivity index (χ2n) is 3.62. The monoisotopic (exact) mass is 239 g/mol. The van der Waals surface area contributed by atoms with Gasteiger partial charge in [0.1, 0.15) is 5.82 Å². The highest BCUT2D eigenvalue weighted by Gasteiger charge is 2.12. The third-order valence-electron chi connectivity index (χ3n) is 2.63. The van der Waals surface area contributed by atoms with Gasteiger partial charge in [0.15, 0.2) is 0 Å². The molecule has 0 saturated heterocycles. The summed E-state index contributed by atoms with van der Waals surface area (Å²) in [5, 5.41) is 0.951. The van der Waals surface area contributed by atoms with Crippen molar-refractivity contribution in [3.63, 3.8) is 0 Å². The van der Waals surface area contributed by atoms with E-state index < -0.39 is 5.82 Å². The van der Waals surface area contributed by atoms with Crippen molar-refractivity contribution in [1.29, 1.82) is 0 Å². The van der Waals surface area contributed by atoms with Crippen LogP contribution in [0.3, 0.4) is 0 Å². The van der Waals surface area contributed by atoms with Gasteiger partial charge in [0, 0.05) is 17.1 Å². The second kappa shape index (κ2) is 3.88. The Hall–Kier alpha value is -1.39. The third kappa shape index (κ3) is 1.60. The highest BCUT2D eigenvalue weighted by Crippen LogP contribution is 2.33. The number of hydrogen-bond donors (Lipinski definition) is 2. The highest BCUT2D eigenvalue weighted by atomic mass is 35.5. The summed E-state index contributed by atoms with van der Waals surface area (Å²) in [5.74, 6) is 5.06. The van der Waals surface area contributed by atoms with Gasteiger partial charge in [-0.25, -0.2) is 4.39 Å². The summed E-state index contributed by atoms with van der Waals surface area (Å²) in [6.45, 7) is 3.73. The van der Waals surface area contributed by atoms with Gasteiger partial charge in [0.05, 0.1) is 16.2 Å². The first-order valence-electron chi connectivity index (χ1n) is 4.77. The van der Waals surface area contributed by atoms with Crippen LogP contribution in [0.15, 0.2) is 12.1 Å². The predicted molar refractivity (Wildman–Crippen MR) is 64.0 cm³/mol. The highest BCUT2D eigenvalue weighted by molar-refractivity contribution is 6.36. The lowest BCUT2D eigenvalue weighted by atomic mass is 10.1. The lowest BCUT2D eigenvalue weighted by Crippen LogP contribution is -2.10. The quantitative estimate of drug-likeness (QED) is 0.594.